The van der Waals surface area contributed by atoms with Crippen LogP contribution in [0.15, 0.2) is 5.16 Å². The smallest absolute Gasteiger partial charge is 0.235 e. The molecule has 1 aliphatic heterocycles. The SMILES string of the molecule is CC(C)(C(=O)N1CCCCC1)/C(N)=N/O. The molecule has 0 spiro atoms. The molecule has 0 bridgehead atoms. The molecular weight excluding hydrogens is 194 g/mol. The highest BCUT2D eigenvalue weighted by Gasteiger charge is 2.36. The number of piperidine rings is 1. The van der Waals surface area contributed by atoms with Gasteiger partial charge >= 0.3 is 0 Å². The van der Waals surface area contributed by atoms with E-state index in [0.717, 1.165) is 25.9 Å². The number of amidine groups is 1. The number of oxime groups is 1. The Labute approximate surface area is 89.9 Å². The average Bonchev–Trinajstić information content (AvgIpc) is 2.28. The van der Waals surface area contributed by atoms with Crippen LogP contribution in [0.3, 0.4) is 0 Å². The van der Waals surface area contributed by atoms with Crippen molar-refractivity contribution in [3.05, 3.63) is 0 Å². The van der Waals surface area contributed by atoms with Crippen LogP contribution < -0.4 is 5.73 Å². The van der Waals surface area contributed by atoms with E-state index < -0.39 is 5.41 Å². The van der Waals surface area contributed by atoms with Gasteiger partial charge in [0.1, 0.15) is 5.41 Å². The predicted octanol–water partition coefficient (Wildman–Crippen LogP) is 0.772. The summed E-state index contributed by atoms with van der Waals surface area (Å²) in [5.41, 5.74) is 4.60. The van der Waals surface area contributed by atoms with Gasteiger partial charge in [-0.3, -0.25) is 4.79 Å². The maximum absolute atomic E-state index is 12.1. The first kappa shape index (κ1) is 11.8. The lowest BCUT2D eigenvalue weighted by molar-refractivity contribution is -0.138. The largest absolute Gasteiger partial charge is 0.409 e. The standard InChI is InChI=1S/C10H19N3O2/c1-10(2,8(11)12-15)9(14)13-6-4-3-5-7-13/h15H,3-7H2,1-2H3,(H2,11,12). The molecule has 5 nitrogen and oxygen atoms in total. The molecule has 15 heavy (non-hydrogen) atoms. The van der Waals surface area contributed by atoms with Gasteiger partial charge in [-0.25, -0.2) is 0 Å². The summed E-state index contributed by atoms with van der Waals surface area (Å²) in [5.74, 6) is -0.0874. The van der Waals surface area contributed by atoms with Crippen LogP contribution in [-0.2, 0) is 4.79 Å². The quantitative estimate of drug-likeness (QED) is 0.308. The Kier molecular flexibility index (Phi) is 3.55. The van der Waals surface area contributed by atoms with Crippen LogP contribution in [-0.4, -0.2) is 34.9 Å². The Morgan fingerprint density at radius 2 is 1.87 bits per heavy atom. The molecule has 0 unspecified atom stereocenters. The summed E-state index contributed by atoms with van der Waals surface area (Å²) in [7, 11) is 0. The van der Waals surface area contributed by atoms with Crippen molar-refractivity contribution < 1.29 is 10.0 Å². The van der Waals surface area contributed by atoms with Crippen LogP contribution in [0, 0.1) is 5.41 Å². The molecule has 0 aromatic rings. The third kappa shape index (κ3) is 2.40. The second-order valence-corrected chi connectivity index (χ2v) is 4.46. The van der Waals surface area contributed by atoms with E-state index in [9.17, 15) is 4.79 Å². The molecule has 0 aromatic heterocycles. The minimum atomic E-state index is -0.911. The topological polar surface area (TPSA) is 78.9 Å². The number of likely N-dealkylation sites (tertiary alicyclic amines) is 1. The van der Waals surface area contributed by atoms with Gasteiger partial charge in [0.05, 0.1) is 0 Å². The highest BCUT2D eigenvalue weighted by Crippen LogP contribution is 2.21. The number of rotatable bonds is 2. The molecule has 1 amide bonds. The minimum absolute atomic E-state index is 0.0296. The van der Waals surface area contributed by atoms with E-state index in [1.165, 1.54) is 6.42 Å². The van der Waals surface area contributed by atoms with Crippen LogP contribution in [0.1, 0.15) is 33.1 Å². The van der Waals surface area contributed by atoms with Crippen LogP contribution in [0.25, 0.3) is 0 Å². The van der Waals surface area contributed by atoms with Crippen LogP contribution in [0.5, 0.6) is 0 Å². The molecule has 0 radical (unpaired) electrons. The molecule has 1 aliphatic rings. The Hall–Kier alpha value is -1.26. The Balaban J connectivity index is 2.73. The van der Waals surface area contributed by atoms with E-state index in [2.05, 4.69) is 5.16 Å². The van der Waals surface area contributed by atoms with Gasteiger partial charge in [0.15, 0.2) is 5.84 Å². The Bertz CT molecular complexity index is 268. The maximum atomic E-state index is 12.1. The van der Waals surface area contributed by atoms with E-state index in [-0.39, 0.29) is 11.7 Å². The fourth-order valence-corrected chi connectivity index (χ4v) is 1.73. The zero-order chi connectivity index (χ0) is 11.5. The van der Waals surface area contributed by atoms with Crippen molar-refractivity contribution >= 4 is 11.7 Å². The molecule has 5 heteroatoms. The first-order chi connectivity index (χ1) is 7.00. The van der Waals surface area contributed by atoms with Crippen molar-refractivity contribution in [2.75, 3.05) is 13.1 Å². The third-order valence-corrected chi connectivity index (χ3v) is 2.93. The molecule has 0 saturated carbocycles. The van der Waals surface area contributed by atoms with E-state index in [0.29, 0.717) is 0 Å². The Morgan fingerprint density at radius 3 is 2.33 bits per heavy atom. The second kappa shape index (κ2) is 4.51. The van der Waals surface area contributed by atoms with Crippen molar-refractivity contribution in [1.82, 2.24) is 4.90 Å². The lowest BCUT2D eigenvalue weighted by atomic mass is 9.89. The van der Waals surface area contributed by atoms with Gasteiger partial charge in [-0.05, 0) is 33.1 Å². The van der Waals surface area contributed by atoms with Crippen molar-refractivity contribution in [2.24, 2.45) is 16.3 Å². The van der Waals surface area contributed by atoms with Crippen molar-refractivity contribution in [2.45, 2.75) is 33.1 Å². The number of amides is 1. The highest BCUT2D eigenvalue weighted by molar-refractivity contribution is 6.05. The molecule has 1 rings (SSSR count). The summed E-state index contributed by atoms with van der Waals surface area (Å²) in [4.78, 5) is 13.9. The molecule has 1 fully saturated rings. The summed E-state index contributed by atoms with van der Waals surface area (Å²) in [6.45, 7) is 4.92. The lowest BCUT2D eigenvalue weighted by Gasteiger charge is -2.33. The summed E-state index contributed by atoms with van der Waals surface area (Å²) < 4.78 is 0. The lowest BCUT2D eigenvalue weighted by Crippen LogP contribution is -2.49. The van der Waals surface area contributed by atoms with Crippen molar-refractivity contribution in [3.63, 3.8) is 0 Å². The highest BCUT2D eigenvalue weighted by atomic mass is 16.4. The maximum Gasteiger partial charge on any atom is 0.235 e. The van der Waals surface area contributed by atoms with Crippen LogP contribution in [0.2, 0.25) is 0 Å². The number of hydrogen-bond donors (Lipinski definition) is 2. The third-order valence-electron chi connectivity index (χ3n) is 2.93. The molecule has 1 heterocycles. The van der Waals surface area contributed by atoms with E-state index in [1.807, 2.05) is 0 Å². The average molecular weight is 213 g/mol. The predicted molar refractivity (Wildman–Crippen MR) is 57.6 cm³/mol. The van der Waals surface area contributed by atoms with Crippen molar-refractivity contribution in [1.29, 1.82) is 0 Å². The zero-order valence-corrected chi connectivity index (χ0v) is 9.36. The normalized spacial score (nSPS) is 19.1. The minimum Gasteiger partial charge on any atom is -0.409 e. The van der Waals surface area contributed by atoms with Gasteiger partial charge in [0.2, 0.25) is 5.91 Å². The summed E-state index contributed by atoms with van der Waals surface area (Å²) >= 11 is 0. The molecule has 0 atom stereocenters. The molecular formula is C10H19N3O2. The number of hydrogen-bond acceptors (Lipinski definition) is 3. The van der Waals surface area contributed by atoms with Crippen LogP contribution in [0.4, 0.5) is 0 Å². The number of nitrogens with two attached hydrogens (primary N) is 1. The summed E-state index contributed by atoms with van der Waals surface area (Å²) in [6.07, 6.45) is 3.25. The second-order valence-electron chi connectivity index (χ2n) is 4.46. The number of nitrogens with zero attached hydrogens (tertiary/aromatic N) is 2. The van der Waals surface area contributed by atoms with Gasteiger partial charge in [0, 0.05) is 13.1 Å². The van der Waals surface area contributed by atoms with Gasteiger partial charge in [-0.15, -0.1) is 0 Å². The molecule has 3 N–H and O–H groups in total. The van der Waals surface area contributed by atoms with Gasteiger partial charge in [-0.2, -0.15) is 0 Å². The van der Waals surface area contributed by atoms with Gasteiger partial charge < -0.3 is 15.8 Å². The first-order valence-electron chi connectivity index (χ1n) is 5.27. The summed E-state index contributed by atoms with van der Waals surface area (Å²) in [5, 5.41) is 11.5. The zero-order valence-electron chi connectivity index (χ0n) is 9.36. The fraction of sp³-hybridized carbons (Fsp3) is 0.800. The fourth-order valence-electron chi connectivity index (χ4n) is 1.73. The van der Waals surface area contributed by atoms with E-state index in [1.54, 1.807) is 18.7 Å². The van der Waals surface area contributed by atoms with Crippen molar-refractivity contribution in [3.8, 4) is 0 Å². The number of carbonyl (C=O) groups is 1. The van der Waals surface area contributed by atoms with Gasteiger partial charge in [0.25, 0.3) is 0 Å². The molecule has 0 aromatic carbocycles. The summed E-state index contributed by atoms with van der Waals surface area (Å²) in [6, 6.07) is 0. The molecule has 0 aliphatic carbocycles. The van der Waals surface area contributed by atoms with E-state index >= 15 is 0 Å². The Morgan fingerprint density at radius 1 is 1.33 bits per heavy atom. The number of carbonyl (C=O) groups excluding carboxylic acids is 1. The molecule has 1 saturated heterocycles. The van der Waals surface area contributed by atoms with Gasteiger partial charge in [-0.1, -0.05) is 5.16 Å². The molecule has 86 valence electrons. The van der Waals surface area contributed by atoms with Crippen LogP contribution >= 0.6 is 0 Å². The monoisotopic (exact) mass is 213 g/mol. The first-order valence-corrected chi connectivity index (χ1v) is 5.27. The van der Waals surface area contributed by atoms with E-state index in [4.69, 9.17) is 10.9 Å².